The van der Waals surface area contributed by atoms with Crippen LogP contribution in [0.5, 0.6) is 0 Å². The summed E-state index contributed by atoms with van der Waals surface area (Å²) in [5.41, 5.74) is 4.05. The van der Waals surface area contributed by atoms with Crippen LogP contribution in [0, 0.1) is 11.8 Å². The van der Waals surface area contributed by atoms with Crippen molar-refractivity contribution >= 4 is 5.97 Å². The maximum atomic E-state index is 11.2. The molecule has 2 nitrogen and oxygen atoms in total. The smallest absolute Gasteiger partial charge is 0.307 e. The molecule has 92 valence electrons. The molecule has 0 radical (unpaired) electrons. The molecule has 0 fully saturated rings. The lowest BCUT2D eigenvalue weighted by molar-refractivity contribution is -0.143. The molecule has 1 N–H and O–H groups in total. The number of hydrogen-bond acceptors (Lipinski definition) is 1. The van der Waals surface area contributed by atoms with Crippen molar-refractivity contribution in [2.45, 2.75) is 39.5 Å². The lowest BCUT2D eigenvalue weighted by atomic mass is 9.88. The second kappa shape index (κ2) is 4.91. The minimum absolute atomic E-state index is 0.181. The molecule has 1 aromatic rings. The second-order valence-electron chi connectivity index (χ2n) is 5.35. The number of carbonyl (C=O) groups is 1. The zero-order valence-corrected chi connectivity index (χ0v) is 10.6. The fourth-order valence-electron chi connectivity index (χ4n) is 2.61. The number of fused-ring (bicyclic) bond motifs is 1. The molecule has 0 amide bonds. The Kier molecular flexibility index (Phi) is 3.51. The van der Waals surface area contributed by atoms with Crippen LogP contribution in [0.1, 0.15) is 37.0 Å². The highest BCUT2D eigenvalue weighted by atomic mass is 16.4. The van der Waals surface area contributed by atoms with Gasteiger partial charge in [-0.25, -0.2) is 0 Å². The molecule has 0 saturated heterocycles. The average molecular weight is 232 g/mol. The van der Waals surface area contributed by atoms with E-state index in [1.807, 2.05) is 13.8 Å². The van der Waals surface area contributed by atoms with Gasteiger partial charge < -0.3 is 5.11 Å². The fraction of sp³-hybridized carbons (Fsp3) is 0.533. The van der Waals surface area contributed by atoms with Crippen LogP contribution in [0.3, 0.4) is 0 Å². The van der Waals surface area contributed by atoms with E-state index in [4.69, 9.17) is 0 Å². The van der Waals surface area contributed by atoms with Crippen molar-refractivity contribution in [2.24, 2.45) is 11.8 Å². The maximum absolute atomic E-state index is 11.2. The molecule has 2 rings (SSSR count). The topological polar surface area (TPSA) is 37.3 Å². The first-order valence-electron chi connectivity index (χ1n) is 6.41. The van der Waals surface area contributed by atoms with Gasteiger partial charge in [-0.2, -0.15) is 0 Å². The van der Waals surface area contributed by atoms with E-state index in [9.17, 15) is 9.90 Å². The molecule has 0 saturated carbocycles. The molecule has 17 heavy (non-hydrogen) atoms. The summed E-state index contributed by atoms with van der Waals surface area (Å²) in [4.78, 5) is 11.2. The molecule has 0 heterocycles. The van der Waals surface area contributed by atoms with E-state index in [1.54, 1.807) is 0 Å². The summed E-state index contributed by atoms with van der Waals surface area (Å²) >= 11 is 0. The standard InChI is InChI=1S/C15H20O2/c1-10(2)14(15(16)17)9-11-6-7-12-4-3-5-13(12)8-11/h6-8,10,14H,3-5,9H2,1-2H3,(H,16,17). The van der Waals surface area contributed by atoms with Crippen molar-refractivity contribution in [1.29, 1.82) is 0 Å². The highest BCUT2D eigenvalue weighted by Gasteiger charge is 2.22. The summed E-state index contributed by atoms with van der Waals surface area (Å²) in [5, 5.41) is 9.20. The Balaban J connectivity index is 2.15. The lowest BCUT2D eigenvalue weighted by Crippen LogP contribution is -2.22. The van der Waals surface area contributed by atoms with Crippen LogP contribution in [0.4, 0.5) is 0 Å². The molecule has 2 heteroatoms. The van der Waals surface area contributed by atoms with Gasteiger partial charge >= 0.3 is 5.97 Å². The molecule has 1 atom stereocenters. The summed E-state index contributed by atoms with van der Waals surface area (Å²) < 4.78 is 0. The van der Waals surface area contributed by atoms with Gasteiger partial charge in [-0.15, -0.1) is 0 Å². The summed E-state index contributed by atoms with van der Waals surface area (Å²) in [7, 11) is 0. The Labute approximate surface area is 103 Å². The SMILES string of the molecule is CC(C)C(Cc1ccc2c(c1)CCC2)C(=O)O. The molecule has 0 aromatic heterocycles. The lowest BCUT2D eigenvalue weighted by Gasteiger charge is -2.16. The number of aryl methyl sites for hydroxylation is 2. The van der Waals surface area contributed by atoms with Crippen LogP contribution in [-0.4, -0.2) is 11.1 Å². The largest absolute Gasteiger partial charge is 0.481 e. The molecule has 1 aliphatic carbocycles. The molecule has 0 aliphatic heterocycles. The third-order valence-corrected chi connectivity index (χ3v) is 3.74. The van der Waals surface area contributed by atoms with Gasteiger partial charge in [-0.3, -0.25) is 4.79 Å². The molecule has 1 aliphatic rings. The number of hydrogen-bond donors (Lipinski definition) is 1. The van der Waals surface area contributed by atoms with Crippen LogP contribution >= 0.6 is 0 Å². The predicted molar refractivity (Wildman–Crippen MR) is 68.1 cm³/mol. The van der Waals surface area contributed by atoms with Crippen molar-refractivity contribution in [3.05, 3.63) is 34.9 Å². The summed E-state index contributed by atoms with van der Waals surface area (Å²) in [6, 6.07) is 6.49. The summed E-state index contributed by atoms with van der Waals surface area (Å²) in [6.07, 6.45) is 4.23. The molecular weight excluding hydrogens is 212 g/mol. The van der Waals surface area contributed by atoms with Crippen molar-refractivity contribution in [3.8, 4) is 0 Å². The number of benzene rings is 1. The summed E-state index contributed by atoms with van der Waals surface area (Å²) in [5.74, 6) is -0.768. The normalized spacial score (nSPS) is 15.9. The van der Waals surface area contributed by atoms with Crippen LogP contribution in [-0.2, 0) is 24.1 Å². The summed E-state index contributed by atoms with van der Waals surface area (Å²) in [6.45, 7) is 3.96. The average Bonchev–Trinajstić information content (AvgIpc) is 2.71. The molecule has 0 spiro atoms. The van der Waals surface area contributed by atoms with E-state index in [2.05, 4.69) is 18.2 Å². The number of rotatable bonds is 4. The predicted octanol–water partition coefficient (Wildman–Crippen LogP) is 3.07. The van der Waals surface area contributed by atoms with Gasteiger partial charge in [0.05, 0.1) is 5.92 Å². The first kappa shape index (κ1) is 12.2. The monoisotopic (exact) mass is 232 g/mol. The number of aliphatic carboxylic acids is 1. The van der Waals surface area contributed by atoms with Crippen molar-refractivity contribution < 1.29 is 9.90 Å². The van der Waals surface area contributed by atoms with Crippen LogP contribution < -0.4 is 0 Å². The van der Waals surface area contributed by atoms with Gasteiger partial charge in [0.2, 0.25) is 0 Å². The van der Waals surface area contributed by atoms with E-state index in [-0.39, 0.29) is 11.8 Å². The maximum Gasteiger partial charge on any atom is 0.307 e. The fourth-order valence-corrected chi connectivity index (χ4v) is 2.61. The minimum Gasteiger partial charge on any atom is -0.481 e. The van der Waals surface area contributed by atoms with Crippen LogP contribution in [0.2, 0.25) is 0 Å². The quantitative estimate of drug-likeness (QED) is 0.866. The molecular formula is C15H20O2. The van der Waals surface area contributed by atoms with Gasteiger partial charge in [0.15, 0.2) is 0 Å². The Morgan fingerprint density at radius 2 is 2.00 bits per heavy atom. The van der Waals surface area contributed by atoms with E-state index < -0.39 is 5.97 Å². The zero-order valence-electron chi connectivity index (χ0n) is 10.6. The second-order valence-corrected chi connectivity index (χ2v) is 5.35. The Morgan fingerprint density at radius 3 is 2.65 bits per heavy atom. The third-order valence-electron chi connectivity index (χ3n) is 3.74. The van der Waals surface area contributed by atoms with Crippen LogP contribution in [0.15, 0.2) is 18.2 Å². The van der Waals surface area contributed by atoms with E-state index >= 15 is 0 Å². The first-order valence-corrected chi connectivity index (χ1v) is 6.41. The van der Waals surface area contributed by atoms with E-state index in [1.165, 1.54) is 29.5 Å². The van der Waals surface area contributed by atoms with Crippen molar-refractivity contribution in [1.82, 2.24) is 0 Å². The van der Waals surface area contributed by atoms with E-state index in [0.29, 0.717) is 6.42 Å². The van der Waals surface area contributed by atoms with Crippen molar-refractivity contribution in [2.75, 3.05) is 0 Å². The van der Waals surface area contributed by atoms with Gasteiger partial charge in [-0.1, -0.05) is 32.0 Å². The van der Waals surface area contributed by atoms with Gasteiger partial charge in [0.25, 0.3) is 0 Å². The molecule has 1 unspecified atom stereocenters. The number of carboxylic acid groups (broad SMARTS) is 1. The minimum atomic E-state index is -0.680. The highest BCUT2D eigenvalue weighted by Crippen LogP contribution is 2.25. The molecule has 1 aromatic carbocycles. The van der Waals surface area contributed by atoms with Gasteiger partial charge in [-0.05, 0) is 48.3 Å². The van der Waals surface area contributed by atoms with Gasteiger partial charge in [0.1, 0.15) is 0 Å². The number of carboxylic acids is 1. The van der Waals surface area contributed by atoms with Crippen LogP contribution in [0.25, 0.3) is 0 Å². The van der Waals surface area contributed by atoms with E-state index in [0.717, 1.165) is 6.42 Å². The Bertz CT molecular complexity index is 421. The third kappa shape index (κ3) is 2.68. The highest BCUT2D eigenvalue weighted by molar-refractivity contribution is 5.70. The molecule has 0 bridgehead atoms. The van der Waals surface area contributed by atoms with Gasteiger partial charge in [0, 0.05) is 0 Å². The zero-order chi connectivity index (χ0) is 12.4. The Morgan fingerprint density at radius 1 is 1.29 bits per heavy atom. The first-order chi connectivity index (χ1) is 8.08. The van der Waals surface area contributed by atoms with Crippen molar-refractivity contribution in [3.63, 3.8) is 0 Å². The Hall–Kier alpha value is -1.31.